The van der Waals surface area contributed by atoms with Crippen LogP contribution in [0.4, 0.5) is 17.5 Å². The number of rotatable bonds is 8. The number of aromatic nitrogens is 6. The Hall–Kier alpha value is -4.61. The molecule has 1 atom stereocenters. The molecule has 4 aromatic heterocycles. The van der Waals surface area contributed by atoms with Crippen LogP contribution in [-0.2, 0) is 4.79 Å². The number of pyridine rings is 1. The summed E-state index contributed by atoms with van der Waals surface area (Å²) in [5.74, 6) is 1.88. The van der Waals surface area contributed by atoms with E-state index in [-0.39, 0.29) is 11.9 Å². The van der Waals surface area contributed by atoms with E-state index in [1.807, 2.05) is 74.6 Å². The second kappa shape index (κ2) is 11.7. The number of likely N-dealkylation sites (N-methyl/N-ethyl adjacent to an activating group) is 1. The van der Waals surface area contributed by atoms with Crippen molar-refractivity contribution in [3.05, 3.63) is 78.0 Å². The van der Waals surface area contributed by atoms with E-state index in [4.69, 9.17) is 21.6 Å². The number of anilines is 3. The second-order valence-electron chi connectivity index (χ2n) is 10.5. The molecule has 2 N–H and O–H groups in total. The van der Waals surface area contributed by atoms with E-state index in [2.05, 4.69) is 30.6 Å². The summed E-state index contributed by atoms with van der Waals surface area (Å²) in [4.78, 5) is 35.2. The van der Waals surface area contributed by atoms with Crippen molar-refractivity contribution in [2.45, 2.75) is 19.4 Å². The number of hydrogen-bond donors (Lipinski definition) is 2. The van der Waals surface area contributed by atoms with Crippen LogP contribution in [-0.4, -0.2) is 80.1 Å². The van der Waals surface area contributed by atoms with Crippen LogP contribution in [0.2, 0.25) is 5.02 Å². The highest BCUT2D eigenvalue weighted by atomic mass is 35.5. The van der Waals surface area contributed by atoms with E-state index in [1.54, 1.807) is 23.0 Å². The van der Waals surface area contributed by atoms with E-state index in [9.17, 15) is 4.79 Å². The third-order valence-electron chi connectivity index (χ3n) is 7.04. The topological polar surface area (TPSA) is 116 Å². The summed E-state index contributed by atoms with van der Waals surface area (Å²) in [7, 11) is 3.91. The second-order valence-corrected chi connectivity index (χ2v) is 10.9. The highest BCUT2D eigenvalue weighted by Gasteiger charge is 2.26. The molecule has 0 unspecified atom stereocenters. The van der Waals surface area contributed by atoms with Crippen LogP contribution in [0.5, 0.6) is 0 Å². The van der Waals surface area contributed by atoms with Crippen molar-refractivity contribution in [1.82, 2.24) is 34.4 Å². The average Bonchev–Trinajstić information content (AvgIpc) is 3.60. The van der Waals surface area contributed by atoms with Crippen molar-refractivity contribution in [2.75, 3.05) is 49.3 Å². The molecule has 1 saturated heterocycles. The largest absolute Gasteiger partial charge is 0.354 e. The van der Waals surface area contributed by atoms with Crippen LogP contribution in [0.1, 0.15) is 12.2 Å². The fourth-order valence-electron chi connectivity index (χ4n) is 5.09. The quantitative estimate of drug-likeness (QED) is 0.256. The van der Waals surface area contributed by atoms with Crippen molar-refractivity contribution in [3.63, 3.8) is 0 Å². The molecular weight excluding hydrogens is 552 g/mol. The van der Waals surface area contributed by atoms with Crippen molar-refractivity contribution in [1.29, 1.82) is 0 Å². The number of benzene rings is 1. The van der Waals surface area contributed by atoms with E-state index in [0.29, 0.717) is 34.7 Å². The lowest BCUT2D eigenvalue weighted by atomic mass is 10.2. The van der Waals surface area contributed by atoms with Gasteiger partial charge in [0, 0.05) is 54.6 Å². The van der Waals surface area contributed by atoms with Crippen LogP contribution in [0, 0.1) is 6.92 Å². The minimum atomic E-state index is -0.176. The Labute approximate surface area is 248 Å². The van der Waals surface area contributed by atoms with Crippen molar-refractivity contribution in [3.8, 4) is 11.3 Å². The van der Waals surface area contributed by atoms with E-state index in [0.717, 1.165) is 47.3 Å². The number of halogens is 1. The molecule has 6 rings (SSSR count). The zero-order chi connectivity index (χ0) is 29.2. The molecule has 1 aromatic carbocycles. The molecule has 1 fully saturated rings. The molecule has 0 radical (unpaired) electrons. The summed E-state index contributed by atoms with van der Waals surface area (Å²) in [5, 5.41) is 12.2. The number of fused-ring (bicyclic) bond motifs is 2. The fourth-order valence-corrected chi connectivity index (χ4v) is 5.29. The van der Waals surface area contributed by atoms with Gasteiger partial charge in [0.25, 0.3) is 0 Å². The Morgan fingerprint density at radius 3 is 2.90 bits per heavy atom. The van der Waals surface area contributed by atoms with Crippen LogP contribution >= 0.6 is 11.6 Å². The molecule has 214 valence electrons. The molecule has 0 bridgehead atoms. The van der Waals surface area contributed by atoms with E-state index in [1.165, 1.54) is 0 Å². The predicted octanol–water partition coefficient (Wildman–Crippen LogP) is 4.44. The molecule has 1 amide bonds. The Kier molecular flexibility index (Phi) is 7.68. The third kappa shape index (κ3) is 5.88. The zero-order valence-corrected chi connectivity index (χ0v) is 24.4. The minimum Gasteiger partial charge on any atom is -0.354 e. The van der Waals surface area contributed by atoms with Gasteiger partial charge in [-0.15, -0.1) is 0 Å². The SMILES string of the molecule is Cc1nc(N2CC[C@@H](Nc3ncc(Cl)c(-c4cnn5ccccc45)n3)C2)c2ccc(NC(=O)/C=C/CN(C)C)cc2n1. The van der Waals surface area contributed by atoms with Crippen molar-refractivity contribution in [2.24, 2.45) is 0 Å². The highest BCUT2D eigenvalue weighted by molar-refractivity contribution is 6.33. The predicted molar refractivity (Wildman–Crippen MR) is 166 cm³/mol. The molecule has 42 heavy (non-hydrogen) atoms. The average molecular weight is 583 g/mol. The maximum Gasteiger partial charge on any atom is 0.248 e. The van der Waals surface area contributed by atoms with Gasteiger partial charge in [-0.3, -0.25) is 4.79 Å². The first-order valence-electron chi connectivity index (χ1n) is 13.7. The normalized spacial score (nSPS) is 15.4. The van der Waals surface area contributed by atoms with Gasteiger partial charge in [-0.2, -0.15) is 5.10 Å². The molecule has 0 aliphatic carbocycles. The number of carbonyl (C=O) groups is 1. The number of carbonyl (C=O) groups excluding carboxylic acids is 1. The van der Waals surface area contributed by atoms with Crippen LogP contribution < -0.4 is 15.5 Å². The maximum atomic E-state index is 12.3. The molecule has 0 saturated carbocycles. The lowest BCUT2D eigenvalue weighted by Crippen LogP contribution is -2.27. The Balaban J connectivity index is 1.18. The zero-order valence-electron chi connectivity index (χ0n) is 23.6. The maximum absolute atomic E-state index is 12.3. The van der Waals surface area contributed by atoms with E-state index >= 15 is 0 Å². The molecule has 12 heteroatoms. The lowest BCUT2D eigenvalue weighted by Gasteiger charge is -2.20. The van der Waals surface area contributed by atoms with Crippen molar-refractivity contribution < 1.29 is 4.79 Å². The van der Waals surface area contributed by atoms with Gasteiger partial charge in [-0.25, -0.2) is 24.5 Å². The fraction of sp³-hybridized carbons (Fsp3) is 0.267. The smallest absolute Gasteiger partial charge is 0.248 e. The van der Waals surface area contributed by atoms with Gasteiger partial charge in [0.2, 0.25) is 11.9 Å². The van der Waals surface area contributed by atoms with Gasteiger partial charge in [-0.1, -0.05) is 23.7 Å². The summed E-state index contributed by atoms with van der Waals surface area (Å²) in [6.07, 6.45) is 9.54. The first-order chi connectivity index (χ1) is 20.3. The highest BCUT2D eigenvalue weighted by Crippen LogP contribution is 2.32. The molecule has 5 aromatic rings. The number of hydrogen-bond acceptors (Lipinski definition) is 9. The van der Waals surface area contributed by atoms with Gasteiger partial charge in [-0.05, 0) is 57.8 Å². The molecule has 1 aliphatic rings. The summed E-state index contributed by atoms with van der Waals surface area (Å²) < 4.78 is 1.80. The van der Waals surface area contributed by atoms with Gasteiger partial charge in [0.15, 0.2) is 0 Å². The van der Waals surface area contributed by atoms with Gasteiger partial charge in [0.05, 0.1) is 34.1 Å². The van der Waals surface area contributed by atoms with Crippen LogP contribution in [0.3, 0.4) is 0 Å². The molecular formula is C30H31ClN10O. The summed E-state index contributed by atoms with van der Waals surface area (Å²) >= 11 is 6.51. The standard InChI is InChI=1S/C30H31ClN10O/c1-19-34-25-15-20(36-27(42)8-6-12-39(2)3)9-10-22(25)29(35-19)40-14-11-21(18-40)37-30-32-17-24(31)28(38-30)23-16-33-41-13-5-4-7-26(23)41/h4-10,13,15-17,21H,11-12,14,18H2,1-3H3,(H,36,42)(H,32,37,38)/b8-6+/t21-/m1/s1. The molecule has 11 nitrogen and oxygen atoms in total. The van der Waals surface area contributed by atoms with Crippen LogP contribution in [0.25, 0.3) is 27.7 Å². The summed E-state index contributed by atoms with van der Waals surface area (Å²) in [6, 6.07) is 11.7. The Bertz CT molecular complexity index is 1800. The molecule has 5 heterocycles. The molecule has 1 aliphatic heterocycles. The van der Waals surface area contributed by atoms with E-state index < -0.39 is 0 Å². The number of amides is 1. The van der Waals surface area contributed by atoms with Crippen molar-refractivity contribution >= 4 is 51.4 Å². The number of nitrogens with one attached hydrogen (secondary N) is 2. The van der Waals surface area contributed by atoms with Gasteiger partial charge >= 0.3 is 0 Å². The van der Waals surface area contributed by atoms with Crippen LogP contribution in [0.15, 0.2) is 67.1 Å². The first kappa shape index (κ1) is 27.6. The minimum absolute atomic E-state index is 0.112. The first-order valence-corrected chi connectivity index (χ1v) is 14.1. The molecule has 0 spiro atoms. The lowest BCUT2D eigenvalue weighted by molar-refractivity contribution is -0.111. The van der Waals surface area contributed by atoms with Gasteiger partial charge < -0.3 is 20.4 Å². The summed E-state index contributed by atoms with van der Waals surface area (Å²) in [5.41, 5.74) is 3.88. The van der Waals surface area contributed by atoms with Gasteiger partial charge in [0.1, 0.15) is 11.6 Å². The summed E-state index contributed by atoms with van der Waals surface area (Å²) in [6.45, 7) is 4.11. The number of aryl methyl sites for hydroxylation is 1. The monoisotopic (exact) mass is 582 g/mol. The Morgan fingerprint density at radius 1 is 1.17 bits per heavy atom. The Morgan fingerprint density at radius 2 is 2.05 bits per heavy atom. The number of nitrogens with zero attached hydrogens (tertiary/aromatic N) is 8. The third-order valence-corrected chi connectivity index (χ3v) is 7.32.